The van der Waals surface area contributed by atoms with Gasteiger partial charge >= 0.3 is 5.97 Å². The van der Waals surface area contributed by atoms with E-state index in [4.69, 9.17) is 25.8 Å². The highest BCUT2D eigenvalue weighted by Gasteiger charge is 2.19. The van der Waals surface area contributed by atoms with E-state index in [0.29, 0.717) is 22.1 Å². The molecule has 1 N–H and O–H groups in total. The number of rotatable bonds is 8. The Morgan fingerprint density at radius 3 is 2.65 bits per heavy atom. The number of para-hydroxylation sites is 1. The fraction of sp³-hybridized carbons (Fsp3) is 0.263. The Morgan fingerprint density at radius 2 is 2.00 bits per heavy atom. The monoisotopic (exact) mass is 376 g/mol. The molecule has 6 nitrogen and oxygen atoms in total. The maximum absolute atomic E-state index is 11.7. The van der Waals surface area contributed by atoms with Crippen molar-refractivity contribution in [2.45, 2.75) is 20.0 Å². The topological polar surface area (TPSA) is 69.2 Å². The van der Waals surface area contributed by atoms with Crippen LogP contribution in [0.25, 0.3) is 0 Å². The van der Waals surface area contributed by atoms with Crippen LogP contribution in [-0.2, 0) is 9.53 Å². The fourth-order valence-corrected chi connectivity index (χ4v) is 2.29. The van der Waals surface area contributed by atoms with Gasteiger partial charge in [-0.05, 0) is 32.0 Å². The molecule has 1 atom stereocenters. The van der Waals surface area contributed by atoms with Gasteiger partial charge in [0.05, 0.1) is 30.6 Å². The van der Waals surface area contributed by atoms with E-state index in [1.54, 1.807) is 32.2 Å². The van der Waals surface area contributed by atoms with Crippen LogP contribution in [-0.4, -0.2) is 32.0 Å². The minimum atomic E-state index is -0.779. The Morgan fingerprint density at radius 1 is 1.27 bits per heavy atom. The lowest BCUT2D eigenvalue weighted by atomic mass is 10.2. The van der Waals surface area contributed by atoms with Gasteiger partial charge in [-0.3, -0.25) is 5.43 Å². The van der Waals surface area contributed by atoms with E-state index in [1.807, 2.05) is 30.3 Å². The van der Waals surface area contributed by atoms with E-state index in [1.165, 1.54) is 7.11 Å². The zero-order chi connectivity index (χ0) is 18.9. The molecular weight excluding hydrogens is 356 g/mol. The average Bonchev–Trinajstić information content (AvgIpc) is 2.64. The van der Waals surface area contributed by atoms with Crippen molar-refractivity contribution in [2.75, 3.05) is 19.1 Å². The Hall–Kier alpha value is -2.73. The van der Waals surface area contributed by atoms with Crippen LogP contribution in [0.1, 0.15) is 19.4 Å². The molecule has 2 aromatic rings. The minimum absolute atomic E-state index is 0.286. The number of benzene rings is 2. The number of hydrogen-bond acceptors (Lipinski definition) is 6. The smallest absolute Gasteiger partial charge is 0.347 e. The Balaban J connectivity index is 2.14. The minimum Gasteiger partial charge on any atom is -0.493 e. The Bertz CT molecular complexity index is 766. The van der Waals surface area contributed by atoms with Crippen LogP contribution >= 0.6 is 11.6 Å². The van der Waals surface area contributed by atoms with Crippen LogP contribution in [0.3, 0.4) is 0 Å². The number of carbonyl (C=O) groups excluding carboxylic acids is 1. The largest absolute Gasteiger partial charge is 0.493 e. The quantitative estimate of drug-likeness (QED) is 0.426. The number of halogens is 1. The third-order valence-electron chi connectivity index (χ3n) is 3.38. The first-order valence-electron chi connectivity index (χ1n) is 8.10. The molecule has 0 bridgehead atoms. The molecule has 0 heterocycles. The average molecular weight is 377 g/mol. The normalized spacial score (nSPS) is 11.8. The predicted molar refractivity (Wildman–Crippen MR) is 102 cm³/mol. The molecular formula is C19H21ClN2O4. The third-order valence-corrected chi connectivity index (χ3v) is 3.70. The van der Waals surface area contributed by atoms with Gasteiger partial charge in [-0.2, -0.15) is 5.10 Å². The lowest BCUT2D eigenvalue weighted by Gasteiger charge is -2.16. The van der Waals surface area contributed by atoms with Crippen molar-refractivity contribution < 1.29 is 19.0 Å². The lowest BCUT2D eigenvalue weighted by molar-refractivity contribution is -0.150. The van der Waals surface area contributed by atoms with Gasteiger partial charge in [0.15, 0.2) is 17.6 Å². The summed E-state index contributed by atoms with van der Waals surface area (Å²) in [7, 11) is 1.51. The summed E-state index contributed by atoms with van der Waals surface area (Å²) in [6.45, 7) is 3.62. The van der Waals surface area contributed by atoms with E-state index in [0.717, 1.165) is 5.69 Å². The fourth-order valence-electron chi connectivity index (χ4n) is 2.09. The van der Waals surface area contributed by atoms with Gasteiger partial charge in [0, 0.05) is 11.6 Å². The standard InChI is InChI=1S/C19H21ClN2O4/c1-4-25-19(23)13(2)26-18-11-16(20)14(10-17(18)24-3)12-21-22-15-8-6-5-7-9-15/h5-13,22H,4H2,1-3H3. The highest BCUT2D eigenvalue weighted by Crippen LogP contribution is 2.33. The number of ether oxygens (including phenoxy) is 3. The lowest BCUT2D eigenvalue weighted by Crippen LogP contribution is -2.26. The van der Waals surface area contributed by atoms with Gasteiger partial charge in [-0.25, -0.2) is 4.79 Å². The summed E-state index contributed by atoms with van der Waals surface area (Å²) in [6, 6.07) is 12.8. The number of methoxy groups -OCH3 is 1. The highest BCUT2D eigenvalue weighted by atomic mass is 35.5. The van der Waals surface area contributed by atoms with E-state index < -0.39 is 12.1 Å². The van der Waals surface area contributed by atoms with Crippen LogP contribution in [0.4, 0.5) is 5.69 Å². The van der Waals surface area contributed by atoms with Crippen LogP contribution in [0.2, 0.25) is 5.02 Å². The maximum Gasteiger partial charge on any atom is 0.347 e. The van der Waals surface area contributed by atoms with Crippen molar-refractivity contribution >= 4 is 29.5 Å². The molecule has 0 amide bonds. The molecule has 0 saturated carbocycles. The van der Waals surface area contributed by atoms with Crippen molar-refractivity contribution in [2.24, 2.45) is 5.10 Å². The highest BCUT2D eigenvalue weighted by molar-refractivity contribution is 6.33. The van der Waals surface area contributed by atoms with Crippen LogP contribution in [0.15, 0.2) is 47.6 Å². The number of hydrazone groups is 1. The molecule has 2 rings (SSSR count). The zero-order valence-electron chi connectivity index (χ0n) is 14.9. The predicted octanol–water partition coefficient (Wildman–Crippen LogP) is 4.13. The van der Waals surface area contributed by atoms with E-state index >= 15 is 0 Å². The summed E-state index contributed by atoms with van der Waals surface area (Å²) < 4.78 is 15.9. The SMILES string of the molecule is CCOC(=O)C(C)Oc1cc(Cl)c(C=NNc2ccccc2)cc1OC. The van der Waals surface area contributed by atoms with E-state index in [9.17, 15) is 4.79 Å². The van der Waals surface area contributed by atoms with Crippen LogP contribution in [0.5, 0.6) is 11.5 Å². The first kappa shape index (κ1) is 19.6. The maximum atomic E-state index is 11.7. The molecule has 7 heteroatoms. The van der Waals surface area contributed by atoms with Crippen LogP contribution in [0, 0.1) is 0 Å². The van der Waals surface area contributed by atoms with Gasteiger partial charge in [0.1, 0.15) is 0 Å². The number of anilines is 1. The van der Waals surface area contributed by atoms with Gasteiger partial charge in [0.25, 0.3) is 0 Å². The number of nitrogens with zero attached hydrogens (tertiary/aromatic N) is 1. The molecule has 0 saturated heterocycles. The van der Waals surface area contributed by atoms with Crippen LogP contribution < -0.4 is 14.9 Å². The zero-order valence-corrected chi connectivity index (χ0v) is 15.6. The first-order chi connectivity index (χ1) is 12.5. The van der Waals surface area contributed by atoms with E-state index in [-0.39, 0.29) is 6.61 Å². The molecule has 0 aliphatic rings. The molecule has 26 heavy (non-hydrogen) atoms. The molecule has 2 aromatic carbocycles. The van der Waals surface area contributed by atoms with Gasteiger partial charge < -0.3 is 14.2 Å². The van der Waals surface area contributed by atoms with Crippen molar-refractivity contribution in [3.8, 4) is 11.5 Å². The molecule has 0 aromatic heterocycles. The van der Waals surface area contributed by atoms with Crippen molar-refractivity contribution in [1.82, 2.24) is 0 Å². The molecule has 0 spiro atoms. The molecule has 0 aliphatic heterocycles. The molecule has 0 aliphatic carbocycles. The summed E-state index contributed by atoms with van der Waals surface area (Å²) in [5.41, 5.74) is 4.41. The van der Waals surface area contributed by atoms with Crippen molar-refractivity contribution in [3.05, 3.63) is 53.1 Å². The second kappa shape index (κ2) is 9.68. The van der Waals surface area contributed by atoms with Crippen molar-refractivity contribution in [1.29, 1.82) is 0 Å². The second-order valence-electron chi connectivity index (χ2n) is 5.27. The Kier molecular flexibility index (Phi) is 7.29. The number of carbonyl (C=O) groups is 1. The summed E-state index contributed by atoms with van der Waals surface area (Å²) in [4.78, 5) is 11.7. The Labute approximate surface area is 157 Å². The number of nitrogens with one attached hydrogen (secondary N) is 1. The molecule has 138 valence electrons. The number of esters is 1. The summed E-state index contributed by atoms with van der Waals surface area (Å²) >= 11 is 6.29. The molecule has 0 radical (unpaired) electrons. The van der Waals surface area contributed by atoms with Gasteiger partial charge in [-0.15, -0.1) is 0 Å². The second-order valence-corrected chi connectivity index (χ2v) is 5.68. The molecule has 1 unspecified atom stereocenters. The third kappa shape index (κ3) is 5.39. The summed E-state index contributed by atoms with van der Waals surface area (Å²) in [6.07, 6.45) is 0.801. The molecule has 0 fully saturated rings. The van der Waals surface area contributed by atoms with Gasteiger partial charge in [-0.1, -0.05) is 29.8 Å². The van der Waals surface area contributed by atoms with E-state index in [2.05, 4.69) is 10.5 Å². The summed E-state index contributed by atoms with van der Waals surface area (Å²) in [5, 5.41) is 4.57. The first-order valence-corrected chi connectivity index (χ1v) is 8.48. The summed E-state index contributed by atoms with van der Waals surface area (Å²) in [5.74, 6) is 0.335. The van der Waals surface area contributed by atoms with Crippen molar-refractivity contribution in [3.63, 3.8) is 0 Å². The number of hydrogen-bond donors (Lipinski definition) is 1. The van der Waals surface area contributed by atoms with Gasteiger partial charge in [0.2, 0.25) is 0 Å².